The number of hydrogen-bond acceptors (Lipinski definition) is 6. The number of pyridine rings is 1. The van der Waals surface area contributed by atoms with E-state index < -0.39 is 17.8 Å². The van der Waals surface area contributed by atoms with Crippen LogP contribution >= 0.6 is 23.5 Å². The molecule has 0 saturated carbocycles. The topological polar surface area (TPSA) is 71.5 Å². The van der Waals surface area contributed by atoms with Gasteiger partial charge in [0.15, 0.2) is 0 Å². The Hall–Kier alpha value is -2.40. The molecule has 1 aliphatic heterocycles. The third-order valence-electron chi connectivity index (χ3n) is 4.27. The van der Waals surface area contributed by atoms with Crippen molar-refractivity contribution in [2.75, 3.05) is 29.8 Å². The first-order chi connectivity index (χ1) is 14.3. The van der Waals surface area contributed by atoms with Gasteiger partial charge in [-0.15, -0.1) is 11.8 Å². The largest absolute Gasteiger partial charge is 0.497 e. The summed E-state index contributed by atoms with van der Waals surface area (Å²) in [5.41, 5.74) is -0.252. The second-order valence-electron chi connectivity index (χ2n) is 6.27. The quantitative estimate of drug-likeness (QED) is 0.667. The van der Waals surface area contributed by atoms with Gasteiger partial charge in [-0.05, 0) is 36.4 Å². The van der Waals surface area contributed by atoms with Crippen LogP contribution in [0.2, 0.25) is 0 Å². The predicted molar refractivity (Wildman–Crippen MR) is 110 cm³/mol. The van der Waals surface area contributed by atoms with E-state index in [1.807, 2.05) is 0 Å². The maximum Gasteiger partial charge on any atom is 0.417 e. The summed E-state index contributed by atoms with van der Waals surface area (Å²) in [6.07, 6.45) is -3.72. The van der Waals surface area contributed by atoms with E-state index in [-0.39, 0.29) is 17.6 Å². The van der Waals surface area contributed by atoms with Crippen molar-refractivity contribution in [2.24, 2.45) is 0 Å². The number of nitrogens with one attached hydrogen (secondary N) is 1. The number of halogens is 3. The van der Waals surface area contributed by atoms with Gasteiger partial charge < -0.3 is 15.0 Å². The minimum atomic E-state index is -4.46. The van der Waals surface area contributed by atoms with Crippen LogP contribution in [0, 0.1) is 0 Å². The number of hydrogen-bond donors (Lipinski definition) is 1. The highest BCUT2D eigenvalue weighted by atomic mass is 32.2. The lowest BCUT2D eigenvalue weighted by Gasteiger charge is -2.23. The number of anilines is 1. The van der Waals surface area contributed by atoms with E-state index in [1.54, 1.807) is 31.4 Å². The van der Waals surface area contributed by atoms with Gasteiger partial charge in [-0.1, -0.05) is 11.8 Å². The molecule has 0 aliphatic carbocycles. The standard InChI is InChI=1S/C19H18F3N3O3S2/c1-28-14-5-3-13(4-6-14)24-18(27)15-9-29-11-25(15)17(26)10-30-16-7-2-12(8-23-16)19(20,21)22/h2-8,15H,9-11H2,1H3,(H,24,27). The van der Waals surface area contributed by atoms with E-state index in [9.17, 15) is 22.8 Å². The molecule has 2 heterocycles. The summed E-state index contributed by atoms with van der Waals surface area (Å²) in [4.78, 5) is 30.4. The summed E-state index contributed by atoms with van der Waals surface area (Å²) in [6, 6.07) is 8.38. The van der Waals surface area contributed by atoms with Gasteiger partial charge in [-0.3, -0.25) is 9.59 Å². The Balaban J connectivity index is 1.56. The lowest BCUT2D eigenvalue weighted by atomic mass is 10.2. The Kier molecular flexibility index (Phi) is 7.14. The van der Waals surface area contributed by atoms with Gasteiger partial charge in [0.2, 0.25) is 11.8 Å². The SMILES string of the molecule is COc1ccc(NC(=O)C2CSCN2C(=O)CSc2ccc(C(F)(F)F)cn2)cc1. The molecule has 1 saturated heterocycles. The van der Waals surface area contributed by atoms with Gasteiger partial charge in [0.25, 0.3) is 0 Å². The van der Waals surface area contributed by atoms with Crippen molar-refractivity contribution in [2.45, 2.75) is 17.2 Å². The lowest BCUT2D eigenvalue weighted by molar-refractivity contribution is -0.138. The smallest absolute Gasteiger partial charge is 0.417 e. The summed E-state index contributed by atoms with van der Waals surface area (Å²) in [5, 5.41) is 3.09. The molecule has 1 aliphatic rings. The molecule has 30 heavy (non-hydrogen) atoms. The molecule has 3 rings (SSSR count). The monoisotopic (exact) mass is 457 g/mol. The molecule has 2 aromatic rings. The Morgan fingerprint density at radius 3 is 2.60 bits per heavy atom. The molecule has 160 valence electrons. The molecule has 1 aromatic carbocycles. The van der Waals surface area contributed by atoms with Crippen LogP contribution in [0.5, 0.6) is 5.75 Å². The summed E-state index contributed by atoms with van der Waals surface area (Å²) >= 11 is 2.50. The fraction of sp³-hybridized carbons (Fsp3) is 0.316. The van der Waals surface area contributed by atoms with Crippen molar-refractivity contribution in [3.63, 3.8) is 0 Å². The van der Waals surface area contributed by atoms with Crippen molar-refractivity contribution in [1.29, 1.82) is 0 Å². The highest BCUT2D eigenvalue weighted by Gasteiger charge is 2.35. The molecular formula is C19H18F3N3O3S2. The summed E-state index contributed by atoms with van der Waals surface area (Å²) in [7, 11) is 1.55. The van der Waals surface area contributed by atoms with Gasteiger partial charge in [0.05, 0.1) is 29.3 Å². The lowest BCUT2D eigenvalue weighted by Crippen LogP contribution is -2.45. The molecule has 1 unspecified atom stereocenters. The zero-order valence-electron chi connectivity index (χ0n) is 15.8. The first-order valence-corrected chi connectivity index (χ1v) is 10.9. The number of carbonyl (C=O) groups is 2. The van der Waals surface area contributed by atoms with Crippen LogP contribution in [0.4, 0.5) is 18.9 Å². The minimum absolute atomic E-state index is 0.0226. The molecule has 0 radical (unpaired) electrons. The highest BCUT2D eigenvalue weighted by Crippen LogP contribution is 2.30. The molecule has 0 bridgehead atoms. The number of benzene rings is 1. The summed E-state index contributed by atoms with van der Waals surface area (Å²) < 4.78 is 42.9. The van der Waals surface area contributed by atoms with Crippen LogP contribution in [0.3, 0.4) is 0 Å². The Labute approximate surface area is 179 Å². The van der Waals surface area contributed by atoms with Crippen molar-refractivity contribution in [1.82, 2.24) is 9.88 Å². The fourth-order valence-electron chi connectivity index (χ4n) is 2.66. The van der Waals surface area contributed by atoms with Crippen LogP contribution in [0.15, 0.2) is 47.6 Å². The molecule has 2 amide bonds. The van der Waals surface area contributed by atoms with Crippen LogP contribution in [0.25, 0.3) is 0 Å². The number of thioether (sulfide) groups is 2. The Morgan fingerprint density at radius 2 is 2.00 bits per heavy atom. The van der Waals surface area contributed by atoms with Gasteiger partial charge in [-0.25, -0.2) is 4.98 Å². The van der Waals surface area contributed by atoms with Crippen molar-refractivity contribution >= 4 is 41.0 Å². The fourth-order valence-corrected chi connectivity index (χ4v) is 4.57. The molecule has 0 spiro atoms. The van der Waals surface area contributed by atoms with Gasteiger partial charge in [0, 0.05) is 17.6 Å². The average Bonchev–Trinajstić information content (AvgIpc) is 3.22. The van der Waals surface area contributed by atoms with Crippen LogP contribution in [-0.4, -0.2) is 52.2 Å². The molecule has 11 heteroatoms. The number of aromatic nitrogens is 1. The maximum atomic E-state index is 12.6. The number of nitrogens with zero attached hydrogens (tertiary/aromatic N) is 2. The molecule has 1 N–H and O–H groups in total. The number of alkyl halides is 3. The second kappa shape index (κ2) is 9.61. The predicted octanol–water partition coefficient (Wildman–Crippen LogP) is 3.74. The van der Waals surface area contributed by atoms with E-state index in [4.69, 9.17) is 4.74 Å². The third kappa shape index (κ3) is 5.60. The molecule has 6 nitrogen and oxygen atoms in total. The summed E-state index contributed by atoms with van der Waals surface area (Å²) in [5.74, 6) is 0.913. The van der Waals surface area contributed by atoms with E-state index in [1.165, 1.54) is 22.7 Å². The van der Waals surface area contributed by atoms with E-state index in [0.29, 0.717) is 28.1 Å². The first-order valence-electron chi connectivity index (χ1n) is 8.76. The Bertz CT molecular complexity index is 893. The van der Waals surface area contributed by atoms with Crippen LogP contribution in [-0.2, 0) is 15.8 Å². The van der Waals surface area contributed by atoms with E-state index >= 15 is 0 Å². The van der Waals surface area contributed by atoms with Crippen LogP contribution in [0.1, 0.15) is 5.56 Å². The van der Waals surface area contributed by atoms with E-state index in [0.717, 1.165) is 24.0 Å². The van der Waals surface area contributed by atoms with Crippen molar-refractivity contribution in [3.8, 4) is 5.75 Å². The highest BCUT2D eigenvalue weighted by molar-refractivity contribution is 8.00. The second-order valence-corrected chi connectivity index (χ2v) is 8.26. The molecule has 1 atom stereocenters. The molecular weight excluding hydrogens is 439 g/mol. The molecule has 1 aromatic heterocycles. The van der Waals surface area contributed by atoms with Crippen LogP contribution < -0.4 is 10.1 Å². The maximum absolute atomic E-state index is 12.6. The zero-order valence-corrected chi connectivity index (χ0v) is 17.4. The minimum Gasteiger partial charge on any atom is -0.497 e. The zero-order chi connectivity index (χ0) is 21.7. The summed E-state index contributed by atoms with van der Waals surface area (Å²) in [6.45, 7) is 0. The number of carbonyl (C=O) groups excluding carboxylic acids is 2. The van der Waals surface area contributed by atoms with Crippen molar-refractivity contribution < 1.29 is 27.5 Å². The van der Waals surface area contributed by atoms with E-state index in [2.05, 4.69) is 10.3 Å². The first kappa shape index (κ1) is 22.3. The number of methoxy groups -OCH3 is 1. The third-order valence-corrected chi connectivity index (χ3v) is 6.21. The van der Waals surface area contributed by atoms with Gasteiger partial charge in [0.1, 0.15) is 11.8 Å². The Morgan fingerprint density at radius 1 is 1.27 bits per heavy atom. The normalized spacial score (nSPS) is 16.4. The molecule has 1 fully saturated rings. The van der Waals surface area contributed by atoms with Gasteiger partial charge in [-0.2, -0.15) is 13.2 Å². The number of rotatable bonds is 6. The number of ether oxygens (including phenoxy) is 1. The average molecular weight is 457 g/mol. The number of amides is 2. The van der Waals surface area contributed by atoms with Crippen molar-refractivity contribution in [3.05, 3.63) is 48.2 Å². The van der Waals surface area contributed by atoms with Gasteiger partial charge >= 0.3 is 6.18 Å².